The van der Waals surface area contributed by atoms with Crippen molar-refractivity contribution < 1.29 is 22.3 Å². The first-order chi connectivity index (χ1) is 13.7. The number of carbonyl (C=O) groups excluding carboxylic acids is 1. The zero-order valence-electron chi connectivity index (χ0n) is 16.2. The van der Waals surface area contributed by atoms with Gasteiger partial charge in [-0.05, 0) is 38.5 Å². The predicted molar refractivity (Wildman–Crippen MR) is 108 cm³/mol. The third kappa shape index (κ3) is 5.64. The van der Waals surface area contributed by atoms with Crippen molar-refractivity contribution in [2.45, 2.75) is 26.4 Å². The Morgan fingerprint density at radius 3 is 2.72 bits per heavy atom. The van der Waals surface area contributed by atoms with E-state index in [2.05, 4.69) is 15.6 Å². The Balaban J connectivity index is 1.62. The molecular weight excluding hydrogens is 399 g/mol. The van der Waals surface area contributed by atoms with Gasteiger partial charge in [0.1, 0.15) is 17.7 Å². The molecule has 0 radical (unpaired) electrons. The number of aromatic nitrogens is 1. The monoisotopic (exact) mass is 422 g/mol. The Kier molecular flexibility index (Phi) is 6.33. The number of sulfonamides is 1. The topological polar surface area (TPSA) is 101 Å². The van der Waals surface area contributed by atoms with Gasteiger partial charge in [0.2, 0.25) is 10.0 Å². The fourth-order valence-electron chi connectivity index (χ4n) is 2.96. The molecule has 1 aromatic heterocycles. The fourth-order valence-corrected chi connectivity index (χ4v) is 4.10. The second-order valence-electron chi connectivity index (χ2n) is 6.73. The number of nitrogens with one attached hydrogen (secondary N) is 2. The van der Waals surface area contributed by atoms with Crippen LogP contribution in [0.25, 0.3) is 0 Å². The number of hydrogen-bond acceptors (Lipinski definition) is 5. The van der Waals surface area contributed by atoms with Gasteiger partial charge in [0.15, 0.2) is 0 Å². The van der Waals surface area contributed by atoms with Crippen LogP contribution in [-0.2, 0) is 10.0 Å². The van der Waals surface area contributed by atoms with Crippen molar-refractivity contribution in [1.82, 2.24) is 9.29 Å². The summed E-state index contributed by atoms with van der Waals surface area (Å²) in [5.74, 6) is -0.330. The molecule has 1 aliphatic heterocycles. The largest absolute Gasteiger partial charge is 0.489 e. The molecule has 2 aromatic rings. The highest BCUT2D eigenvalue weighted by Crippen LogP contribution is 2.25. The van der Waals surface area contributed by atoms with Crippen LogP contribution in [-0.4, -0.2) is 48.7 Å². The van der Waals surface area contributed by atoms with Crippen molar-refractivity contribution in [3.63, 3.8) is 0 Å². The molecule has 2 amide bonds. The summed E-state index contributed by atoms with van der Waals surface area (Å²) in [5, 5.41) is 5.16. The Morgan fingerprint density at radius 1 is 1.28 bits per heavy atom. The number of hydrogen-bond donors (Lipinski definition) is 2. The number of halogens is 1. The molecule has 0 unspecified atom stereocenters. The third-order valence-corrected chi connectivity index (χ3v) is 6.32. The Bertz CT molecular complexity index is 982. The van der Waals surface area contributed by atoms with E-state index in [9.17, 15) is 17.6 Å². The molecule has 0 spiro atoms. The fraction of sp³-hybridized carbons (Fsp3) is 0.368. The van der Waals surface area contributed by atoms with Crippen molar-refractivity contribution in [2.24, 2.45) is 0 Å². The summed E-state index contributed by atoms with van der Waals surface area (Å²) in [6.07, 6.45) is 1.66. The number of ether oxygens (including phenoxy) is 1. The van der Waals surface area contributed by atoms with Gasteiger partial charge in [-0.2, -0.15) is 4.31 Å². The van der Waals surface area contributed by atoms with E-state index in [1.165, 1.54) is 28.7 Å². The van der Waals surface area contributed by atoms with Crippen LogP contribution in [0, 0.1) is 12.7 Å². The molecule has 1 saturated heterocycles. The zero-order chi connectivity index (χ0) is 21.0. The number of anilines is 2. The summed E-state index contributed by atoms with van der Waals surface area (Å²) >= 11 is 0. The molecule has 2 heterocycles. The smallest absolute Gasteiger partial charge is 0.323 e. The van der Waals surface area contributed by atoms with Crippen molar-refractivity contribution >= 4 is 27.4 Å². The maximum absolute atomic E-state index is 14.0. The normalized spacial score (nSPS) is 17.1. The van der Waals surface area contributed by atoms with E-state index in [0.29, 0.717) is 18.7 Å². The minimum absolute atomic E-state index is 0.0272. The molecule has 156 valence electrons. The molecule has 1 atom stereocenters. The first kappa shape index (κ1) is 21.0. The molecule has 0 bridgehead atoms. The van der Waals surface area contributed by atoms with E-state index in [-0.39, 0.29) is 29.8 Å². The summed E-state index contributed by atoms with van der Waals surface area (Å²) in [6.45, 7) is 4.01. The van der Waals surface area contributed by atoms with Gasteiger partial charge >= 0.3 is 6.03 Å². The lowest BCUT2D eigenvalue weighted by Gasteiger charge is -2.17. The quantitative estimate of drug-likeness (QED) is 0.745. The number of rotatable bonds is 6. The SMILES string of the molecule is CCS(=O)(=O)N1CC[C@H](Oc2cc(F)cc(NC(=O)Nc3ccc(C)nc3)c2)C1. The maximum atomic E-state index is 14.0. The van der Waals surface area contributed by atoms with Crippen LogP contribution in [0.2, 0.25) is 0 Å². The number of benzene rings is 1. The highest BCUT2D eigenvalue weighted by atomic mass is 32.2. The van der Waals surface area contributed by atoms with Crippen molar-refractivity contribution in [1.29, 1.82) is 0 Å². The molecule has 29 heavy (non-hydrogen) atoms. The van der Waals surface area contributed by atoms with Crippen molar-refractivity contribution in [2.75, 3.05) is 29.5 Å². The van der Waals surface area contributed by atoms with Gasteiger partial charge in [-0.3, -0.25) is 4.98 Å². The Hall–Kier alpha value is -2.72. The first-order valence-electron chi connectivity index (χ1n) is 9.21. The molecule has 1 fully saturated rings. The number of amides is 2. The Morgan fingerprint density at radius 2 is 2.03 bits per heavy atom. The summed E-state index contributed by atoms with van der Waals surface area (Å²) in [6, 6.07) is 6.78. The average Bonchev–Trinajstić information content (AvgIpc) is 3.12. The van der Waals surface area contributed by atoms with Crippen LogP contribution in [0.1, 0.15) is 19.0 Å². The van der Waals surface area contributed by atoms with Crippen molar-refractivity contribution in [3.8, 4) is 5.75 Å². The molecule has 0 aliphatic carbocycles. The predicted octanol–water partition coefficient (Wildman–Crippen LogP) is 2.98. The van der Waals surface area contributed by atoms with Gasteiger partial charge in [-0.15, -0.1) is 0 Å². The van der Waals surface area contributed by atoms with Gasteiger partial charge in [0.05, 0.1) is 24.2 Å². The number of carbonyl (C=O) groups is 1. The van der Waals surface area contributed by atoms with Gasteiger partial charge in [-0.25, -0.2) is 17.6 Å². The first-order valence-corrected chi connectivity index (χ1v) is 10.8. The molecule has 0 saturated carbocycles. The second-order valence-corrected chi connectivity index (χ2v) is 8.99. The number of urea groups is 1. The minimum atomic E-state index is -3.28. The standard InChI is InChI=1S/C19H23FN4O4S/c1-3-29(26,27)24-7-6-17(12-24)28-18-9-14(20)8-16(10-18)23-19(25)22-15-5-4-13(2)21-11-15/h4-5,8-11,17H,3,6-7,12H2,1-2H3,(H2,22,23,25)/t17-/m0/s1. The molecular formula is C19H23FN4O4S. The lowest BCUT2D eigenvalue weighted by Crippen LogP contribution is -2.32. The van der Waals surface area contributed by atoms with Crippen molar-refractivity contribution in [3.05, 3.63) is 48.0 Å². The summed E-state index contributed by atoms with van der Waals surface area (Å²) < 4.78 is 45.0. The molecule has 1 aromatic carbocycles. The highest BCUT2D eigenvalue weighted by Gasteiger charge is 2.31. The molecule has 2 N–H and O–H groups in total. The van der Waals surface area contributed by atoms with Crippen LogP contribution in [0.15, 0.2) is 36.5 Å². The molecule has 8 nitrogen and oxygen atoms in total. The van der Waals surface area contributed by atoms with Crippen LogP contribution >= 0.6 is 0 Å². The maximum Gasteiger partial charge on any atom is 0.323 e. The van der Waals surface area contributed by atoms with E-state index >= 15 is 0 Å². The second kappa shape index (κ2) is 8.75. The zero-order valence-corrected chi connectivity index (χ0v) is 17.0. The number of nitrogens with zero attached hydrogens (tertiary/aromatic N) is 2. The Labute approximate surface area is 169 Å². The van der Waals surface area contributed by atoms with E-state index < -0.39 is 21.9 Å². The average molecular weight is 422 g/mol. The lowest BCUT2D eigenvalue weighted by atomic mass is 10.2. The molecule has 10 heteroatoms. The van der Waals surface area contributed by atoms with E-state index in [0.717, 1.165) is 5.69 Å². The number of aryl methyl sites for hydroxylation is 1. The lowest BCUT2D eigenvalue weighted by molar-refractivity contribution is 0.215. The van der Waals surface area contributed by atoms with Gasteiger partial charge in [0, 0.05) is 30.1 Å². The van der Waals surface area contributed by atoms with Crippen LogP contribution in [0.3, 0.4) is 0 Å². The van der Waals surface area contributed by atoms with E-state index in [4.69, 9.17) is 4.74 Å². The van der Waals surface area contributed by atoms with Crippen LogP contribution in [0.4, 0.5) is 20.6 Å². The summed E-state index contributed by atoms with van der Waals surface area (Å²) in [4.78, 5) is 16.2. The summed E-state index contributed by atoms with van der Waals surface area (Å²) in [7, 11) is -3.28. The molecule has 3 rings (SSSR count). The summed E-state index contributed by atoms with van der Waals surface area (Å²) in [5.41, 5.74) is 1.54. The van der Waals surface area contributed by atoms with Gasteiger partial charge in [-0.1, -0.05) is 0 Å². The van der Waals surface area contributed by atoms with Crippen LogP contribution in [0.5, 0.6) is 5.75 Å². The van der Waals surface area contributed by atoms with Gasteiger partial charge < -0.3 is 15.4 Å². The highest BCUT2D eigenvalue weighted by molar-refractivity contribution is 7.89. The van der Waals surface area contributed by atoms with Gasteiger partial charge in [0.25, 0.3) is 0 Å². The minimum Gasteiger partial charge on any atom is -0.489 e. The third-order valence-electron chi connectivity index (χ3n) is 4.47. The van der Waals surface area contributed by atoms with E-state index in [1.54, 1.807) is 19.1 Å². The number of pyridine rings is 1. The van der Waals surface area contributed by atoms with E-state index in [1.807, 2.05) is 6.92 Å². The van der Waals surface area contributed by atoms with Crippen LogP contribution < -0.4 is 15.4 Å². The molecule has 1 aliphatic rings.